The molecule has 0 radical (unpaired) electrons. The van der Waals surface area contributed by atoms with Crippen LogP contribution in [0.25, 0.3) is 0 Å². The Morgan fingerprint density at radius 3 is 2.73 bits per heavy atom. The van der Waals surface area contributed by atoms with Crippen molar-refractivity contribution in [2.75, 3.05) is 30.2 Å². The van der Waals surface area contributed by atoms with E-state index in [0.717, 1.165) is 24.7 Å². The van der Waals surface area contributed by atoms with Gasteiger partial charge in [0.1, 0.15) is 6.54 Å². The molecule has 0 aliphatic carbocycles. The minimum absolute atomic E-state index is 0.126. The zero-order valence-corrected chi connectivity index (χ0v) is 14.3. The van der Waals surface area contributed by atoms with Crippen LogP contribution in [0.1, 0.15) is 25.3 Å². The van der Waals surface area contributed by atoms with Gasteiger partial charge in [0.25, 0.3) is 0 Å². The number of hydrogen-bond acceptors (Lipinski definition) is 3. The Hall–Kier alpha value is -1.56. The van der Waals surface area contributed by atoms with Gasteiger partial charge in [-0.3, -0.25) is 9.10 Å². The molecule has 1 aromatic carbocycles. The molecular formula is C16H24N2O3S. The highest BCUT2D eigenvalue weighted by Gasteiger charge is 2.26. The largest absolute Gasteiger partial charge is 0.341 e. The molecule has 1 saturated heterocycles. The number of amides is 1. The van der Waals surface area contributed by atoms with Crippen molar-refractivity contribution >= 4 is 21.6 Å². The normalized spacial score (nSPS) is 19.0. The van der Waals surface area contributed by atoms with Crippen molar-refractivity contribution < 1.29 is 13.2 Å². The van der Waals surface area contributed by atoms with Crippen LogP contribution in [0.2, 0.25) is 0 Å². The van der Waals surface area contributed by atoms with Crippen LogP contribution >= 0.6 is 0 Å². The molecule has 122 valence electrons. The second-order valence-electron chi connectivity index (χ2n) is 6.20. The molecule has 0 bridgehead atoms. The van der Waals surface area contributed by atoms with Gasteiger partial charge in [0, 0.05) is 13.1 Å². The summed E-state index contributed by atoms with van der Waals surface area (Å²) in [6.45, 7) is 5.32. The van der Waals surface area contributed by atoms with Crippen molar-refractivity contribution in [2.45, 2.75) is 26.7 Å². The van der Waals surface area contributed by atoms with Gasteiger partial charge in [-0.2, -0.15) is 0 Å². The fourth-order valence-electron chi connectivity index (χ4n) is 2.82. The maximum atomic E-state index is 12.5. The highest BCUT2D eigenvalue weighted by molar-refractivity contribution is 7.92. The number of likely N-dealkylation sites (tertiary alicyclic amines) is 1. The van der Waals surface area contributed by atoms with Gasteiger partial charge < -0.3 is 4.90 Å². The lowest BCUT2D eigenvalue weighted by molar-refractivity contribution is -0.131. The molecule has 22 heavy (non-hydrogen) atoms. The smallest absolute Gasteiger partial charge is 0.243 e. The van der Waals surface area contributed by atoms with Gasteiger partial charge in [-0.25, -0.2) is 8.42 Å². The molecular weight excluding hydrogens is 300 g/mol. The fourth-order valence-corrected chi connectivity index (χ4v) is 3.66. The number of benzene rings is 1. The number of carbonyl (C=O) groups is 1. The number of nitrogens with zero attached hydrogens (tertiary/aromatic N) is 2. The van der Waals surface area contributed by atoms with Gasteiger partial charge >= 0.3 is 0 Å². The lowest BCUT2D eigenvalue weighted by atomic mass is 10.0. The van der Waals surface area contributed by atoms with Crippen LogP contribution in [-0.2, 0) is 14.8 Å². The second kappa shape index (κ2) is 6.69. The minimum Gasteiger partial charge on any atom is -0.341 e. The van der Waals surface area contributed by atoms with Crippen LogP contribution in [0.15, 0.2) is 24.3 Å². The van der Waals surface area contributed by atoms with Crippen molar-refractivity contribution in [1.82, 2.24) is 4.90 Å². The lowest BCUT2D eigenvalue weighted by Gasteiger charge is -2.33. The van der Waals surface area contributed by atoms with E-state index in [0.29, 0.717) is 24.7 Å². The third kappa shape index (κ3) is 4.22. The number of hydrogen-bond donors (Lipinski definition) is 0. The third-order valence-corrected chi connectivity index (χ3v) is 5.12. The SMILES string of the molecule is Cc1cccc(N(CC(=O)N2CCCC(C)C2)S(C)(=O)=O)c1. The highest BCUT2D eigenvalue weighted by atomic mass is 32.2. The van der Waals surface area contributed by atoms with E-state index in [9.17, 15) is 13.2 Å². The summed E-state index contributed by atoms with van der Waals surface area (Å²) < 4.78 is 25.4. The monoisotopic (exact) mass is 324 g/mol. The van der Waals surface area contributed by atoms with E-state index in [1.54, 1.807) is 23.1 Å². The predicted molar refractivity (Wildman–Crippen MR) is 88.3 cm³/mol. The quantitative estimate of drug-likeness (QED) is 0.851. The zero-order chi connectivity index (χ0) is 16.3. The molecule has 1 aromatic rings. The second-order valence-corrected chi connectivity index (χ2v) is 8.10. The molecule has 1 unspecified atom stereocenters. The van der Waals surface area contributed by atoms with Crippen LogP contribution < -0.4 is 4.31 Å². The van der Waals surface area contributed by atoms with Crippen molar-refractivity contribution in [2.24, 2.45) is 5.92 Å². The maximum absolute atomic E-state index is 12.5. The van der Waals surface area contributed by atoms with Crippen LogP contribution in [0.4, 0.5) is 5.69 Å². The van der Waals surface area contributed by atoms with Crippen LogP contribution in [0.3, 0.4) is 0 Å². The Morgan fingerprint density at radius 2 is 2.14 bits per heavy atom. The van der Waals surface area contributed by atoms with Crippen molar-refractivity contribution in [3.05, 3.63) is 29.8 Å². The molecule has 2 rings (SSSR count). The Kier molecular flexibility index (Phi) is 5.11. The van der Waals surface area contributed by atoms with E-state index in [-0.39, 0.29) is 12.5 Å². The number of anilines is 1. The van der Waals surface area contributed by atoms with Gasteiger partial charge in [-0.1, -0.05) is 19.1 Å². The molecule has 5 nitrogen and oxygen atoms in total. The maximum Gasteiger partial charge on any atom is 0.243 e. The van der Waals surface area contributed by atoms with Crippen molar-refractivity contribution in [3.63, 3.8) is 0 Å². The standard InChI is InChI=1S/C16H24N2O3S/c1-13-6-4-8-15(10-13)18(22(3,20)21)12-16(19)17-9-5-7-14(2)11-17/h4,6,8,10,14H,5,7,9,11-12H2,1-3H3. The van der Waals surface area contributed by atoms with Gasteiger partial charge in [0.2, 0.25) is 15.9 Å². The number of sulfonamides is 1. The average molecular weight is 324 g/mol. The van der Waals surface area contributed by atoms with E-state index in [4.69, 9.17) is 0 Å². The number of aryl methyl sites for hydroxylation is 1. The first-order valence-corrected chi connectivity index (χ1v) is 9.44. The van der Waals surface area contributed by atoms with Crippen molar-refractivity contribution in [1.29, 1.82) is 0 Å². The molecule has 0 spiro atoms. The molecule has 1 fully saturated rings. The predicted octanol–water partition coefficient (Wildman–Crippen LogP) is 2.02. The molecule has 6 heteroatoms. The van der Waals surface area contributed by atoms with Gasteiger partial charge in [0.05, 0.1) is 11.9 Å². The molecule has 0 saturated carbocycles. The molecule has 0 aromatic heterocycles. The van der Waals surface area contributed by atoms with E-state index in [1.165, 1.54) is 4.31 Å². The van der Waals surface area contributed by atoms with Crippen LogP contribution in [-0.4, -0.2) is 45.1 Å². The summed E-state index contributed by atoms with van der Waals surface area (Å²) in [5.74, 6) is 0.349. The minimum atomic E-state index is -3.50. The number of carbonyl (C=O) groups excluding carboxylic acids is 1. The molecule has 1 aliphatic rings. The van der Waals surface area contributed by atoms with E-state index in [2.05, 4.69) is 6.92 Å². The summed E-state index contributed by atoms with van der Waals surface area (Å²) in [4.78, 5) is 14.3. The summed E-state index contributed by atoms with van der Waals surface area (Å²) in [5.41, 5.74) is 1.51. The Bertz CT molecular complexity index is 643. The summed E-state index contributed by atoms with van der Waals surface area (Å²) in [6.07, 6.45) is 3.25. The third-order valence-electron chi connectivity index (χ3n) is 3.98. The lowest BCUT2D eigenvalue weighted by Crippen LogP contribution is -2.46. The molecule has 1 heterocycles. The van der Waals surface area contributed by atoms with E-state index >= 15 is 0 Å². The summed E-state index contributed by atoms with van der Waals surface area (Å²) >= 11 is 0. The van der Waals surface area contributed by atoms with Crippen molar-refractivity contribution in [3.8, 4) is 0 Å². The van der Waals surface area contributed by atoms with Crippen LogP contribution in [0, 0.1) is 12.8 Å². The Labute approximate surface area is 133 Å². The first kappa shape index (κ1) is 16.8. The Morgan fingerprint density at radius 1 is 1.41 bits per heavy atom. The van der Waals surface area contributed by atoms with E-state index in [1.807, 2.05) is 13.0 Å². The molecule has 0 N–H and O–H groups in total. The summed E-state index contributed by atoms with van der Waals surface area (Å²) in [7, 11) is -3.50. The van der Waals surface area contributed by atoms with Gasteiger partial charge in [0.15, 0.2) is 0 Å². The number of rotatable bonds is 4. The van der Waals surface area contributed by atoms with E-state index < -0.39 is 10.0 Å². The average Bonchev–Trinajstić information content (AvgIpc) is 2.43. The number of piperidine rings is 1. The first-order chi connectivity index (χ1) is 10.3. The van der Waals surface area contributed by atoms with Gasteiger partial charge in [-0.05, 0) is 43.4 Å². The van der Waals surface area contributed by atoms with Gasteiger partial charge in [-0.15, -0.1) is 0 Å². The molecule has 1 amide bonds. The summed E-state index contributed by atoms with van der Waals surface area (Å²) in [6, 6.07) is 7.21. The Balaban J connectivity index is 2.19. The molecule has 1 atom stereocenters. The zero-order valence-electron chi connectivity index (χ0n) is 13.4. The highest BCUT2D eigenvalue weighted by Crippen LogP contribution is 2.20. The van der Waals surface area contributed by atoms with Crippen LogP contribution in [0.5, 0.6) is 0 Å². The molecule has 1 aliphatic heterocycles. The topological polar surface area (TPSA) is 57.7 Å². The first-order valence-electron chi connectivity index (χ1n) is 7.59. The fraction of sp³-hybridized carbons (Fsp3) is 0.562. The summed E-state index contributed by atoms with van der Waals surface area (Å²) in [5, 5.41) is 0.